The van der Waals surface area contributed by atoms with Crippen LogP contribution in [0.1, 0.15) is 41.0 Å². The molecule has 114 valence electrons. The van der Waals surface area contributed by atoms with Crippen molar-refractivity contribution < 1.29 is 23.9 Å². The maximum Gasteiger partial charge on any atom is 0.318 e. The Balaban J connectivity index is 2.75. The Hall–Kier alpha value is -1.59. The van der Waals surface area contributed by atoms with Gasteiger partial charge in [-0.1, -0.05) is 0 Å². The second kappa shape index (κ2) is 6.24. The van der Waals surface area contributed by atoms with Gasteiger partial charge in [-0.15, -0.1) is 0 Å². The molecule has 1 rings (SSSR count). The third-order valence-corrected chi connectivity index (χ3v) is 3.15. The van der Waals surface area contributed by atoms with E-state index < -0.39 is 23.4 Å². The van der Waals surface area contributed by atoms with Crippen LogP contribution in [-0.2, 0) is 23.9 Å². The van der Waals surface area contributed by atoms with Crippen LogP contribution >= 0.6 is 0 Å². The molecule has 1 heterocycles. The van der Waals surface area contributed by atoms with Crippen molar-refractivity contribution in [2.75, 3.05) is 6.61 Å². The van der Waals surface area contributed by atoms with E-state index in [4.69, 9.17) is 9.47 Å². The lowest BCUT2D eigenvalue weighted by Gasteiger charge is -2.34. The third kappa shape index (κ3) is 3.95. The largest absolute Gasteiger partial charge is 0.465 e. The van der Waals surface area contributed by atoms with Crippen LogP contribution in [0.4, 0.5) is 0 Å². The van der Waals surface area contributed by atoms with E-state index in [1.54, 1.807) is 34.6 Å². The summed E-state index contributed by atoms with van der Waals surface area (Å²) in [6, 6.07) is -0.320. The Morgan fingerprint density at radius 2 is 1.95 bits per heavy atom. The van der Waals surface area contributed by atoms with Crippen LogP contribution in [0.2, 0.25) is 0 Å². The van der Waals surface area contributed by atoms with Gasteiger partial charge in [0.05, 0.1) is 18.1 Å². The highest BCUT2D eigenvalue weighted by atomic mass is 16.5. The molecule has 0 spiro atoms. The Labute approximate surface area is 119 Å². The quantitative estimate of drug-likeness (QED) is 0.618. The highest BCUT2D eigenvalue weighted by molar-refractivity contribution is 5.98. The van der Waals surface area contributed by atoms with Gasteiger partial charge in [-0.25, -0.2) is 0 Å². The summed E-state index contributed by atoms with van der Waals surface area (Å²) in [6.45, 7) is 8.90. The molecular weight excluding hydrogens is 262 g/mol. The molecule has 1 fully saturated rings. The second-order valence-corrected chi connectivity index (χ2v) is 6.03. The SMILES string of the molecule is CCOC(=O)[C@@H]1C[C@@H](OC(=O)C(C)(C)C)[C@H](C)NC1=O. The van der Waals surface area contributed by atoms with Crippen molar-refractivity contribution in [1.29, 1.82) is 0 Å². The summed E-state index contributed by atoms with van der Waals surface area (Å²) >= 11 is 0. The van der Waals surface area contributed by atoms with Gasteiger partial charge >= 0.3 is 11.9 Å². The fourth-order valence-electron chi connectivity index (χ4n) is 1.87. The minimum Gasteiger partial charge on any atom is -0.465 e. The van der Waals surface area contributed by atoms with Crippen molar-refractivity contribution in [3.8, 4) is 0 Å². The first-order valence-electron chi connectivity index (χ1n) is 6.85. The minimum absolute atomic E-state index is 0.160. The monoisotopic (exact) mass is 285 g/mol. The Morgan fingerprint density at radius 3 is 2.45 bits per heavy atom. The van der Waals surface area contributed by atoms with Gasteiger partial charge in [0, 0.05) is 6.42 Å². The molecule has 0 aromatic heterocycles. The summed E-state index contributed by atoms with van der Waals surface area (Å²) < 4.78 is 10.3. The van der Waals surface area contributed by atoms with E-state index in [9.17, 15) is 14.4 Å². The Bertz CT molecular complexity index is 391. The first-order valence-corrected chi connectivity index (χ1v) is 6.85. The first-order chi connectivity index (χ1) is 9.16. The van der Waals surface area contributed by atoms with Crippen LogP contribution in [0.25, 0.3) is 0 Å². The molecule has 0 saturated carbocycles. The lowest BCUT2D eigenvalue weighted by molar-refractivity contribution is -0.169. The van der Waals surface area contributed by atoms with Crippen LogP contribution in [0.3, 0.4) is 0 Å². The van der Waals surface area contributed by atoms with E-state index in [1.807, 2.05) is 0 Å². The molecule has 0 aromatic carbocycles. The first kappa shape index (κ1) is 16.5. The van der Waals surface area contributed by atoms with Crippen molar-refractivity contribution >= 4 is 17.8 Å². The molecule has 1 N–H and O–H groups in total. The molecule has 6 nitrogen and oxygen atoms in total. The predicted octanol–water partition coefficient (Wildman–Crippen LogP) is 1.03. The van der Waals surface area contributed by atoms with Gasteiger partial charge in [0.2, 0.25) is 5.91 Å². The summed E-state index contributed by atoms with van der Waals surface area (Å²) in [5.74, 6) is -2.22. The summed E-state index contributed by atoms with van der Waals surface area (Å²) in [6.07, 6.45) is -0.359. The van der Waals surface area contributed by atoms with Gasteiger partial charge in [0.25, 0.3) is 0 Å². The summed E-state index contributed by atoms with van der Waals surface area (Å²) in [4.78, 5) is 35.4. The molecule has 3 atom stereocenters. The summed E-state index contributed by atoms with van der Waals surface area (Å²) in [5.41, 5.74) is -0.624. The van der Waals surface area contributed by atoms with E-state index >= 15 is 0 Å². The number of carbonyl (C=O) groups is 3. The number of rotatable bonds is 3. The fraction of sp³-hybridized carbons (Fsp3) is 0.786. The number of carbonyl (C=O) groups excluding carboxylic acids is 3. The average molecular weight is 285 g/mol. The van der Waals surface area contributed by atoms with Gasteiger partial charge in [-0.05, 0) is 34.6 Å². The summed E-state index contributed by atoms with van der Waals surface area (Å²) in [7, 11) is 0. The maximum atomic E-state index is 11.9. The number of ether oxygens (including phenoxy) is 2. The molecular formula is C14H23NO5. The molecule has 0 aromatic rings. The molecule has 1 aliphatic heterocycles. The highest BCUT2D eigenvalue weighted by Crippen LogP contribution is 2.24. The Kier molecular flexibility index (Phi) is 5.14. The van der Waals surface area contributed by atoms with Gasteiger partial charge < -0.3 is 14.8 Å². The minimum atomic E-state index is -0.913. The van der Waals surface area contributed by atoms with Crippen molar-refractivity contribution in [2.45, 2.75) is 53.2 Å². The maximum absolute atomic E-state index is 11.9. The second-order valence-electron chi connectivity index (χ2n) is 6.03. The highest BCUT2D eigenvalue weighted by Gasteiger charge is 2.41. The van der Waals surface area contributed by atoms with Gasteiger partial charge in [-0.3, -0.25) is 14.4 Å². The molecule has 1 amide bonds. The van der Waals surface area contributed by atoms with Gasteiger partial charge in [0.15, 0.2) is 0 Å². The number of amides is 1. The Morgan fingerprint density at radius 1 is 1.35 bits per heavy atom. The fourth-order valence-corrected chi connectivity index (χ4v) is 1.87. The topological polar surface area (TPSA) is 81.7 Å². The van der Waals surface area contributed by atoms with Crippen LogP contribution in [0.15, 0.2) is 0 Å². The van der Waals surface area contributed by atoms with Gasteiger partial charge in [0.1, 0.15) is 12.0 Å². The smallest absolute Gasteiger partial charge is 0.318 e. The number of nitrogens with one attached hydrogen (secondary N) is 1. The van der Waals surface area contributed by atoms with E-state index in [0.29, 0.717) is 0 Å². The standard InChI is InChI=1S/C14H23NO5/c1-6-19-12(17)9-7-10(8(2)15-11(9)16)20-13(18)14(3,4)5/h8-10H,6-7H2,1-5H3,(H,15,16)/t8-,9+,10+/m0/s1. The average Bonchev–Trinajstić information content (AvgIpc) is 2.31. The molecule has 0 radical (unpaired) electrons. The predicted molar refractivity (Wildman–Crippen MR) is 71.7 cm³/mol. The van der Waals surface area contributed by atoms with E-state index in [0.717, 1.165) is 0 Å². The van der Waals surface area contributed by atoms with E-state index in [1.165, 1.54) is 0 Å². The van der Waals surface area contributed by atoms with Crippen molar-refractivity contribution in [2.24, 2.45) is 11.3 Å². The zero-order valence-electron chi connectivity index (χ0n) is 12.7. The lowest BCUT2D eigenvalue weighted by atomic mass is 9.91. The number of hydrogen-bond donors (Lipinski definition) is 1. The van der Waals surface area contributed by atoms with Gasteiger partial charge in [-0.2, -0.15) is 0 Å². The molecule has 0 bridgehead atoms. The molecule has 1 aliphatic rings. The van der Waals surface area contributed by atoms with Crippen molar-refractivity contribution in [3.63, 3.8) is 0 Å². The molecule has 1 saturated heterocycles. The van der Waals surface area contributed by atoms with E-state index in [-0.39, 0.29) is 30.9 Å². The third-order valence-electron chi connectivity index (χ3n) is 3.15. The zero-order valence-corrected chi connectivity index (χ0v) is 12.7. The molecule has 0 aliphatic carbocycles. The molecule has 0 unspecified atom stereocenters. The lowest BCUT2D eigenvalue weighted by Crippen LogP contribution is -2.54. The van der Waals surface area contributed by atoms with Crippen LogP contribution in [0.5, 0.6) is 0 Å². The molecule has 6 heteroatoms. The van der Waals surface area contributed by atoms with E-state index in [2.05, 4.69) is 5.32 Å². The van der Waals surface area contributed by atoms with Crippen LogP contribution < -0.4 is 5.32 Å². The van der Waals surface area contributed by atoms with Crippen molar-refractivity contribution in [1.82, 2.24) is 5.32 Å². The summed E-state index contributed by atoms with van der Waals surface area (Å²) in [5, 5.41) is 2.66. The van der Waals surface area contributed by atoms with Crippen LogP contribution in [-0.4, -0.2) is 36.6 Å². The number of esters is 2. The van der Waals surface area contributed by atoms with Crippen molar-refractivity contribution in [3.05, 3.63) is 0 Å². The number of piperidine rings is 1. The zero-order chi connectivity index (χ0) is 15.5. The normalized spacial score (nSPS) is 26.6. The van der Waals surface area contributed by atoms with Crippen LogP contribution in [0, 0.1) is 11.3 Å². The molecule has 20 heavy (non-hydrogen) atoms. The number of hydrogen-bond acceptors (Lipinski definition) is 5.